The van der Waals surface area contributed by atoms with Gasteiger partial charge >= 0.3 is 0 Å². The minimum absolute atomic E-state index is 0.283. The maximum absolute atomic E-state index is 6.11. The summed E-state index contributed by atoms with van der Waals surface area (Å²) in [5.41, 5.74) is 2.30. The quantitative estimate of drug-likeness (QED) is 0.644. The van der Waals surface area contributed by atoms with Crippen molar-refractivity contribution < 1.29 is 9.47 Å². The van der Waals surface area contributed by atoms with Gasteiger partial charge in [0.05, 0.1) is 13.2 Å². The van der Waals surface area contributed by atoms with Gasteiger partial charge in [0.1, 0.15) is 0 Å². The van der Waals surface area contributed by atoms with E-state index < -0.39 is 0 Å². The van der Waals surface area contributed by atoms with Gasteiger partial charge < -0.3 is 9.47 Å². The molecule has 1 saturated heterocycles. The number of ether oxygens (including phenoxy) is 2. The van der Waals surface area contributed by atoms with Gasteiger partial charge in [-0.2, -0.15) is 0 Å². The second-order valence-electron chi connectivity index (χ2n) is 8.23. The molecule has 0 bridgehead atoms. The lowest BCUT2D eigenvalue weighted by Gasteiger charge is -2.60. The van der Waals surface area contributed by atoms with E-state index in [1.54, 1.807) is 5.57 Å². The first-order valence-electron chi connectivity index (χ1n) is 9.19. The van der Waals surface area contributed by atoms with Crippen molar-refractivity contribution in [2.45, 2.75) is 64.6 Å². The average Bonchev–Trinajstić information content (AvgIpc) is 3.02. The Morgan fingerprint density at radius 3 is 2.68 bits per heavy atom. The molecule has 0 amide bonds. The van der Waals surface area contributed by atoms with Crippen LogP contribution in [0.1, 0.15) is 58.8 Å². The molecule has 4 rings (SSSR count). The van der Waals surface area contributed by atoms with Crippen LogP contribution in [0.15, 0.2) is 24.3 Å². The average molecular weight is 302 g/mol. The normalized spacial score (nSPS) is 46.7. The van der Waals surface area contributed by atoms with Crippen LogP contribution < -0.4 is 0 Å². The molecule has 0 radical (unpaired) electrons. The van der Waals surface area contributed by atoms with Crippen LogP contribution >= 0.6 is 0 Å². The van der Waals surface area contributed by atoms with Crippen LogP contribution in [-0.2, 0) is 9.47 Å². The summed E-state index contributed by atoms with van der Waals surface area (Å²) < 4.78 is 12.2. The summed E-state index contributed by atoms with van der Waals surface area (Å²) in [6.45, 7) is 10.7. The van der Waals surface area contributed by atoms with Crippen molar-refractivity contribution in [3.63, 3.8) is 0 Å². The van der Waals surface area contributed by atoms with Crippen molar-refractivity contribution >= 4 is 0 Å². The van der Waals surface area contributed by atoms with Crippen molar-refractivity contribution in [3.8, 4) is 0 Å². The Morgan fingerprint density at radius 2 is 1.95 bits per heavy atom. The number of hydrogen-bond acceptors (Lipinski definition) is 2. The Morgan fingerprint density at radius 1 is 1.18 bits per heavy atom. The zero-order chi connectivity index (χ0) is 15.4. The van der Waals surface area contributed by atoms with Crippen molar-refractivity contribution in [2.75, 3.05) is 13.2 Å². The van der Waals surface area contributed by atoms with Gasteiger partial charge in [-0.25, -0.2) is 0 Å². The Balaban J connectivity index is 1.72. The second-order valence-corrected chi connectivity index (χ2v) is 8.23. The minimum Gasteiger partial charge on any atom is -0.347 e. The fourth-order valence-electron chi connectivity index (χ4n) is 6.28. The van der Waals surface area contributed by atoms with Crippen molar-refractivity contribution in [1.29, 1.82) is 0 Å². The lowest BCUT2D eigenvalue weighted by atomic mass is 9.46. The summed E-state index contributed by atoms with van der Waals surface area (Å²) in [6, 6.07) is 0. The molecule has 122 valence electrons. The highest BCUT2D eigenvalue weighted by atomic mass is 16.7. The van der Waals surface area contributed by atoms with Crippen LogP contribution in [0.5, 0.6) is 0 Å². The summed E-state index contributed by atoms with van der Waals surface area (Å²) >= 11 is 0. The van der Waals surface area contributed by atoms with Crippen LogP contribution in [0.3, 0.4) is 0 Å². The van der Waals surface area contributed by atoms with Gasteiger partial charge in [-0.3, -0.25) is 0 Å². The zero-order valence-electron chi connectivity index (χ0n) is 14.2. The monoisotopic (exact) mass is 302 g/mol. The summed E-state index contributed by atoms with van der Waals surface area (Å²) in [6.07, 6.45) is 13.5. The third-order valence-corrected chi connectivity index (χ3v) is 7.50. The van der Waals surface area contributed by atoms with E-state index in [4.69, 9.17) is 9.47 Å². The molecule has 3 fully saturated rings. The van der Waals surface area contributed by atoms with Gasteiger partial charge in [0.2, 0.25) is 0 Å². The topological polar surface area (TPSA) is 18.5 Å². The molecule has 1 heterocycles. The van der Waals surface area contributed by atoms with E-state index in [1.165, 1.54) is 38.5 Å². The molecule has 2 nitrogen and oxygen atoms in total. The third-order valence-electron chi connectivity index (χ3n) is 7.50. The highest BCUT2D eigenvalue weighted by Gasteiger charge is 2.60. The van der Waals surface area contributed by atoms with Gasteiger partial charge in [0.25, 0.3) is 0 Å². The van der Waals surface area contributed by atoms with E-state index in [-0.39, 0.29) is 11.2 Å². The number of hydrogen-bond donors (Lipinski definition) is 0. The molecular formula is C20H30O2. The number of rotatable bonds is 1. The zero-order valence-corrected chi connectivity index (χ0v) is 14.2. The van der Waals surface area contributed by atoms with Crippen LogP contribution in [-0.4, -0.2) is 19.0 Å². The molecule has 0 unspecified atom stereocenters. The fourth-order valence-corrected chi connectivity index (χ4v) is 6.28. The van der Waals surface area contributed by atoms with Crippen LogP contribution in [0.4, 0.5) is 0 Å². The van der Waals surface area contributed by atoms with Crippen molar-refractivity contribution in [1.82, 2.24) is 0 Å². The van der Waals surface area contributed by atoms with Gasteiger partial charge in [-0.1, -0.05) is 31.6 Å². The van der Waals surface area contributed by atoms with Gasteiger partial charge in [-0.15, -0.1) is 6.58 Å². The number of allylic oxidation sites excluding steroid dienone is 3. The minimum atomic E-state index is -0.284. The van der Waals surface area contributed by atoms with E-state index in [0.29, 0.717) is 17.3 Å². The molecule has 3 aliphatic carbocycles. The Hall–Kier alpha value is -0.600. The third kappa shape index (κ3) is 1.80. The van der Waals surface area contributed by atoms with Crippen LogP contribution in [0.25, 0.3) is 0 Å². The molecule has 2 heteroatoms. The predicted octanol–water partition coefficient (Wildman–Crippen LogP) is 4.86. The standard InChI is InChI=1S/C20H30O2/c1-4-19-9-6-5-7-17(19)18(3)11-12-20(21-13-14-22-20)15(2)16(18)8-10-19/h4,7,15-16H,1,5-6,8-14H2,2-3H3/t15-,16+,18+,19-/m1/s1. The summed E-state index contributed by atoms with van der Waals surface area (Å²) in [7, 11) is 0. The number of fused-ring (bicyclic) bond motifs is 3. The molecule has 0 aromatic heterocycles. The largest absolute Gasteiger partial charge is 0.347 e. The Bertz CT molecular complexity index is 502. The summed E-state index contributed by atoms with van der Waals surface area (Å²) in [4.78, 5) is 0. The van der Waals surface area contributed by atoms with Crippen LogP contribution in [0.2, 0.25) is 0 Å². The SMILES string of the molecule is C=C[C@]12CCCC=C1[C@@]1(C)CCC3(OCCO3)[C@H](C)[C@@H]1CC2. The molecule has 0 aromatic carbocycles. The molecule has 0 aromatic rings. The van der Waals surface area contributed by atoms with Gasteiger partial charge in [0.15, 0.2) is 5.79 Å². The Labute approximate surface area is 134 Å². The Kier molecular flexibility index (Phi) is 3.36. The fraction of sp³-hybridized carbons (Fsp3) is 0.800. The lowest BCUT2D eigenvalue weighted by Crippen LogP contribution is -2.56. The first-order chi connectivity index (χ1) is 10.6. The highest BCUT2D eigenvalue weighted by Crippen LogP contribution is 2.65. The molecule has 0 N–H and O–H groups in total. The molecule has 2 saturated carbocycles. The second kappa shape index (κ2) is 4.95. The summed E-state index contributed by atoms with van der Waals surface area (Å²) in [5.74, 6) is 0.879. The molecular weight excluding hydrogens is 272 g/mol. The van der Waals surface area contributed by atoms with Crippen molar-refractivity contribution in [3.05, 3.63) is 24.3 Å². The molecule has 4 atom stereocenters. The predicted molar refractivity (Wildman–Crippen MR) is 88.4 cm³/mol. The summed E-state index contributed by atoms with van der Waals surface area (Å²) in [5, 5.41) is 0. The van der Waals surface area contributed by atoms with E-state index in [9.17, 15) is 0 Å². The molecule has 4 aliphatic rings. The van der Waals surface area contributed by atoms with Crippen molar-refractivity contribution in [2.24, 2.45) is 22.7 Å². The van der Waals surface area contributed by atoms with E-state index in [2.05, 4.69) is 32.6 Å². The van der Waals surface area contributed by atoms with Crippen LogP contribution in [0, 0.1) is 22.7 Å². The van der Waals surface area contributed by atoms with Gasteiger partial charge in [-0.05, 0) is 49.9 Å². The van der Waals surface area contributed by atoms with E-state index in [1.807, 2.05) is 0 Å². The lowest BCUT2D eigenvalue weighted by molar-refractivity contribution is -0.243. The van der Waals surface area contributed by atoms with Gasteiger partial charge in [0, 0.05) is 17.8 Å². The van der Waals surface area contributed by atoms with E-state index in [0.717, 1.165) is 19.6 Å². The smallest absolute Gasteiger partial charge is 0.171 e. The maximum Gasteiger partial charge on any atom is 0.171 e. The first-order valence-corrected chi connectivity index (χ1v) is 9.19. The molecule has 22 heavy (non-hydrogen) atoms. The van der Waals surface area contributed by atoms with E-state index >= 15 is 0 Å². The molecule has 1 spiro atoms. The first kappa shape index (κ1) is 15.0. The molecule has 1 aliphatic heterocycles. The maximum atomic E-state index is 6.11. The highest BCUT2D eigenvalue weighted by molar-refractivity contribution is 5.34.